The van der Waals surface area contributed by atoms with Crippen LogP contribution in [0.5, 0.6) is 5.75 Å². The molecular formula is C11H7FN2O4. The first kappa shape index (κ1) is 11.8. The molecule has 0 spiro atoms. The van der Waals surface area contributed by atoms with Gasteiger partial charge in [-0.1, -0.05) is 6.07 Å². The van der Waals surface area contributed by atoms with Crippen molar-refractivity contribution in [3.8, 4) is 5.75 Å². The largest absolute Gasteiger partial charge is 0.476 e. The normalized spacial score (nSPS) is 10.1. The first-order valence-corrected chi connectivity index (χ1v) is 4.83. The molecule has 18 heavy (non-hydrogen) atoms. The third kappa shape index (κ3) is 2.51. The van der Waals surface area contributed by atoms with E-state index in [-0.39, 0.29) is 17.1 Å². The standard InChI is InChI=1S/C11H7FN2O4/c12-6-2-1-3-7(4-6)18-11(17)9-5-8(10(15)16)13-14-9/h1-5H,(H,13,14)(H,15,16). The van der Waals surface area contributed by atoms with Gasteiger partial charge in [-0.05, 0) is 12.1 Å². The van der Waals surface area contributed by atoms with Crippen LogP contribution in [-0.2, 0) is 0 Å². The zero-order valence-corrected chi connectivity index (χ0v) is 8.88. The average Bonchev–Trinajstić information content (AvgIpc) is 2.78. The van der Waals surface area contributed by atoms with Gasteiger partial charge in [-0.25, -0.2) is 14.0 Å². The Labute approximate surface area is 100 Å². The minimum absolute atomic E-state index is 0.0199. The van der Waals surface area contributed by atoms with Crippen molar-refractivity contribution in [3.63, 3.8) is 0 Å². The second-order valence-electron chi connectivity index (χ2n) is 3.32. The second kappa shape index (κ2) is 4.66. The summed E-state index contributed by atoms with van der Waals surface area (Å²) in [4.78, 5) is 22.1. The number of benzene rings is 1. The molecule has 1 heterocycles. The molecule has 0 amide bonds. The Morgan fingerprint density at radius 3 is 2.72 bits per heavy atom. The van der Waals surface area contributed by atoms with Gasteiger partial charge in [0.1, 0.15) is 17.3 Å². The number of aromatic nitrogens is 2. The molecule has 0 saturated carbocycles. The van der Waals surface area contributed by atoms with Crippen LogP contribution in [0.1, 0.15) is 21.0 Å². The van der Waals surface area contributed by atoms with Crippen molar-refractivity contribution in [1.82, 2.24) is 10.2 Å². The lowest BCUT2D eigenvalue weighted by atomic mass is 10.3. The van der Waals surface area contributed by atoms with Crippen LogP contribution >= 0.6 is 0 Å². The van der Waals surface area contributed by atoms with E-state index in [9.17, 15) is 14.0 Å². The monoisotopic (exact) mass is 250 g/mol. The highest BCUT2D eigenvalue weighted by Crippen LogP contribution is 2.13. The molecule has 0 unspecified atom stereocenters. The molecule has 0 atom stereocenters. The molecule has 7 heteroatoms. The summed E-state index contributed by atoms with van der Waals surface area (Å²) in [5.74, 6) is -2.64. The zero-order valence-electron chi connectivity index (χ0n) is 8.88. The Kier molecular flexibility index (Phi) is 3.05. The van der Waals surface area contributed by atoms with E-state index in [4.69, 9.17) is 9.84 Å². The molecule has 1 aromatic heterocycles. The lowest BCUT2D eigenvalue weighted by molar-refractivity contribution is 0.0689. The second-order valence-corrected chi connectivity index (χ2v) is 3.32. The van der Waals surface area contributed by atoms with Gasteiger partial charge in [-0.3, -0.25) is 5.10 Å². The predicted octanol–water partition coefficient (Wildman–Crippen LogP) is 1.47. The fourth-order valence-electron chi connectivity index (χ4n) is 1.23. The molecule has 2 N–H and O–H groups in total. The SMILES string of the molecule is O=C(O)c1cc(C(=O)Oc2cccc(F)c2)[nH]n1. The van der Waals surface area contributed by atoms with E-state index in [1.54, 1.807) is 0 Å². The number of aromatic amines is 1. The van der Waals surface area contributed by atoms with Crippen molar-refractivity contribution in [2.45, 2.75) is 0 Å². The van der Waals surface area contributed by atoms with E-state index < -0.39 is 17.8 Å². The van der Waals surface area contributed by atoms with Gasteiger partial charge in [0.15, 0.2) is 5.69 Å². The minimum Gasteiger partial charge on any atom is -0.476 e. The Hall–Kier alpha value is -2.70. The smallest absolute Gasteiger partial charge is 0.361 e. The summed E-state index contributed by atoms with van der Waals surface area (Å²) in [6, 6.07) is 6.05. The van der Waals surface area contributed by atoms with Gasteiger partial charge >= 0.3 is 11.9 Å². The molecule has 92 valence electrons. The number of carbonyl (C=O) groups is 2. The molecule has 1 aromatic carbocycles. The summed E-state index contributed by atoms with van der Waals surface area (Å²) in [5, 5.41) is 14.2. The minimum atomic E-state index is -1.27. The quantitative estimate of drug-likeness (QED) is 0.635. The van der Waals surface area contributed by atoms with Crippen LogP contribution in [0.25, 0.3) is 0 Å². The molecule has 0 aliphatic carbocycles. The molecule has 2 rings (SSSR count). The van der Waals surface area contributed by atoms with E-state index in [0.29, 0.717) is 0 Å². The molecule has 0 saturated heterocycles. The van der Waals surface area contributed by atoms with Crippen LogP contribution < -0.4 is 4.74 Å². The van der Waals surface area contributed by atoms with Crippen molar-refractivity contribution in [2.24, 2.45) is 0 Å². The van der Waals surface area contributed by atoms with Gasteiger partial charge in [0, 0.05) is 12.1 Å². The summed E-state index contributed by atoms with van der Waals surface area (Å²) >= 11 is 0. The van der Waals surface area contributed by atoms with Crippen LogP contribution in [0.3, 0.4) is 0 Å². The third-order valence-electron chi connectivity index (χ3n) is 2.02. The van der Waals surface area contributed by atoms with E-state index in [1.807, 2.05) is 0 Å². The summed E-state index contributed by atoms with van der Waals surface area (Å²) in [6.07, 6.45) is 0. The number of nitrogens with zero attached hydrogens (tertiary/aromatic N) is 1. The van der Waals surface area contributed by atoms with Gasteiger partial charge < -0.3 is 9.84 Å². The first-order chi connectivity index (χ1) is 8.56. The fraction of sp³-hybridized carbons (Fsp3) is 0. The van der Waals surface area contributed by atoms with Crippen LogP contribution in [0.2, 0.25) is 0 Å². The summed E-state index contributed by atoms with van der Waals surface area (Å²) in [5.41, 5.74) is -0.433. The molecule has 0 fully saturated rings. The summed E-state index contributed by atoms with van der Waals surface area (Å²) < 4.78 is 17.7. The first-order valence-electron chi connectivity index (χ1n) is 4.83. The number of carboxylic acid groups (broad SMARTS) is 1. The number of aromatic carboxylic acids is 1. The Balaban J connectivity index is 2.14. The Bertz CT molecular complexity index is 609. The molecular weight excluding hydrogens is 243 g/mol. The van der Waals surface area contributed by atoms with Gasteiger partial charge in [0.2, 0.25) is 0 Å². The average molecular weight is 250 g/mol. The molecule has 0 bridgehead atoms. The zero-order chi connectivity index (χ0) is 13.1. The highest BCUT2D eigenvalue weighted by Gasteiger charge is 2.15. The van der Waals surface area contributed by atoms with Crippen LogP contribution in [0.15, 0.2) is 30.3 Å². The van der Waals surface area contributed by atoms with Crippen LogP contribution in [0, 0.1) is 5.82 Å². The van der Waals surface area contributed by atoms with E-state index in [2.05, 4.69) is 10.2 Å². The van der Waals surface area contributed by atoms with Crippen molar-refractivity contribution in [1.29, 1.82) is 0 Å². The molecule has 0 aliphatic heterocycles. The molecule has 0 aliphatic rings. The number of nitrogens with one attached hydrogen (secondary N) is 1. The number of hydrogen-bond donors (Lipinski definition) is 2. The number of ether oxygens (including phenoxy) is 1. The van der Waals surface area contributed by atoms with Crippen LogP contribution in [0.4, 0.5) is 4.39 Å². The molecule has 6 nitrogen and oxygen atoms in total. The number of halogens is 1. The van der Waals surface area contributed by atoms with E-state index in [1.165, 1.54) is 18.2 Å². The number of esters is 1. The topological polar surface area (TPSA) is 92.3 Å². The van der Waals surface area contributed by atoms with Crippen LogP contribution in [-0.4, -0.2) is 27.2 Å². The Morgan fingerprint density at radius 2 is 2.11 bits per heavy atom. The maximum atomic E-state index is 12.8. The number of rotatable bonds is 3. The lowest BCUT2D eigenvalue weighted by Crippen LogP contribution is -2.09. The van der Waals surface area contributed by atoms with Gasteiger partial charge in [0.05, 0.1) is 0 Å². The predicted molar refractivity (Wildman–Crippen MR) is 56.9 cm³/mol. The number of H-pyrrole nitrogens is 1. The summed E-state index contributed by atoms with van der Waals surface area (Å²) in [6.45, 7) is 0. The van der Waals surface area contributed by atoms with Gasteiger partial charge in [-0.15, -0.1) is 0 Å². The third-order valence-corrected chi connectivity index (χ3v) is 2.02. The maximum Gasteiger partial charge on any atom is 0.361 e. The Morgan fingerprint density at radius 1 is 1.33 bits per heavy atom. The van der Waals surface area contributed by atoms with Crippen molar-refractivity contribution < 1.29 is 23.8 Å². The molecule has 2 aromatic rings. The lowest BCUT2D eigenvalue weighted by Gasteiger charge is -2.01. The van der Waals surface area contributed by atoms with Crippen molar-refractivity contribution in [2.75, 3.05) is 0 Å². The van der Waals surface area contributed by atoms with E-state index in [0.717, 1.165) is 12.1 Å². The number of carbonyl (C=O) groups excluding carboxylic acids is 1. The summed E-state index contributed by atoms with van der Waals surface area (Å²) in [7, 11) is 0. The van der Waals surface area contributed by atoms with E-state index >= 15 is 0 Å². The fourth-order valence-corrected chi connectivity index (χ4v) is 1.23. The maximum absolute atomic E-state index is 12.8. The number of hydrogen-bond acceptors (Lipinski definition) is 4. The van der Waals surface area contributed by atoms with Crippen molar-refractivity contribution in [3.05, 3.63) is 47.5 Å². The number of carboxylic acids is 1. The highest BCUT2D eigenvalue weighted by molar-refractivity contribution is 5.93. The van der Waals surface area contributed by atoms with Gasteiger partial charge in [-0.2, -0.15) is 5.10 Å². The van der Waals surface area contributed by atoms with Crippen molar-refractivity contribution >= 4 is 11.9 Å². The van der Waals surface area contributed by atoms with Gasteiger partial charge in [0.25, 0.3) is 0 Å². The highest BCUT2D eigenvalue weighted by atomic mass is 19.1. The molecule has 0 radical (unpaired) electrons.